The monoisotopic (exact) mass is 372 g/mol. The molecular weight excluding hydrogens is 356 g/mol. The largest absolute Gasteiger partial charge is 0.338 e. The lowest BCUT2D eigenvalue weighted by Crippen LogP contribution is -2.24. The van der Waals surface area contributed by atoms with Gasteiger partial charge >= 0.3 is 0 Å². The van der Waals surface area contributed by atoms with Gasteiger partial charge in [0.15, 0.2) is 0 Å². The summed E-state index contributed by atoms with van der Waals surface area (Å²) in [6.07, 6.45) is 1.54. The van der Waals surface area contributed by atoms with Gasteiger partial charge in [0.2, 0.25) is 5.91 Å². The minimum Gasteiger partial charge on any atom is -0.338 e. The molecule has 3 rings (SSSR count). The number of amides is 2. The average Bonchev–Trinajstić information content (AvgIpc) is 2.95. The van der Waals surface area contributed by atoms with Crippen molar-refractivity contribution in [3.8, 4) is 0 Å². The molecule has 0 bridgehead atoms. The standard InChI is InChI=1S/C18H17BrN2O2/c19-15-7-1-2-8-16(15)20-18(23)14-6-3-5-13(11-14)12-21-10-4-9-17(21)22/h1-3,5-8,11H,4,9-10,12H2,(H,20,23). The van der Waals surface area contributed by atoms with Crippen molar-refractivity contribution in [2.45, 2.75) is 19.4 Å². The van der Waals surface area contributed by atoms with Gasteiger partial charge in [-0.3, -0.25) is 9.59 Å². The first-order valence-corrected chi connectivity index (χ1v) is 8.35. The summed E-state index contributed by atoms with van der Waals surface area (Å²) in [5, 5.41) is 2.89. The van der Waals surface area contributed by atoms with Crippen LogP contribution >= 0.6 is 15.9 Å². The Balaban J connectivity index is 1.72. The lowest BCUT2D eigenvalue weighted by Gasteiger charge is -2.16. The van der Waals surface area contributed by atoms with Gasteiger partial charge in [0.05, 0.1) is 5.69 Å². The van der Waals surface area contributed by atoms with Crippen LogP contribution in [0.5, 0.6) is 0 Å². The summed E-state index contributed by atoms with van der Waals surface area (Å²) < 4.78 is 0.840. The Bertz CT molecular complexity index is 745. The Morgan fingerprint density at radius 1 is 1.17 bits per heavy atom. The number of rotatable bonds is 4. The van der Waals surface area contributed by atoms with Crippen molar-refractivity contribution in [3.63, 3.8) is 0 Å². The first-order chi connectivity index (χ1) is 11.1. The second-order valence-electron chi connectivity index (χ2n) is 5.55. The van der Waals surface area contributed by atoms with Gasteiger partial charge in [-0.15, -0.1) is 0 Å². The van der Waals surface area contributed by atoms with E-state index in [0.717, 1.165) is 28.7 Å². The van der Waals surface area contributed by atoms with Crippen LogP contribution in [0.3, 0.4) is 0 Å². The molecule has 0 saturated carbocycles. The van der Waals surface area contributed by atoms with Crippen molar-refractivity contribution in [3.05, 3.63) is 64.1 Å². The van der Waals surface area contributed by atoms with Crippen molar-refractivity contribution in [1.82, 2.24) is 4.90 Å². The van der Waals surface area contributed by atoms with Crippen LogP contribution in [0.1, 0.15) is 28.8 Å². The van der Waals surface area contributed by atoms with Crippen LogP contribution in [-0.4, -0.2) is 23.3 Å². The molecule has 4 nitrogen and oxygen atoms in total. The van der Waals surface area contributed by atoms with Crippen LogP contribution in [0.25, 0.3) is 0 Å². The van der Waals surface area contributed by atoms with E-state index in [2.05, 4.69) is 21.2 Å². The Labute approximate surface area is 143 Å². The SMILES string of the molecule is O=C(Nc1ccccc1Br)c1cccc(CN2CCCC2=O)c1. The highest BCUT2D eigenvalue weighted by molar-refractivity contribution is 9.10. The number of nitrogens with zero attached hydrogens (tertiary/aromatic N) is 1. The summed E-state index contributed by atoms with van der Waals surface area (Å²) in [5.74, 6) is 0.0274. The minimum absolute atomic E-state index is 0.161. The first kappa shape index (κ1) is 15.7. The summed E-state index contributed by atoms with van der Waals surface area (Å²) in [7, 11) is 0. The summed E-state index contributed by atoms with van der Waals surface area (Å²) in [6, 6.07) is 14.9. The average molecular weight is 373 g/mol. The lowest BCUT2D eigenvalue weighted by molar-refractivity contribution is -0.128. The summed E-state index contributed by atoms with van der Waals surface area (Å²) in [6.45, 7) is 1.36. The number of benzene rings is 2. The van der Waals surface area contributed by atoms with Crippen molar-refractivity contribution in [2.75, 3.05) is 11.9 Å². The second-order valence-corrected chi connectivity index (χ2v) is 6.41. The zero-order valence-electron chi connectivity index (χ0n) is 12.6. The fourth-order valence-corrected chi connectivity index (χ4v) is 3.04. The number of likely N-dealkylation sites (tertiary alicyclic amines) is 1. The van der Waals surface area contributed by atoms with E-state index in [1.807, 2.05) is 47.4 Å². The van der Waals surface area contributed by atoms with Crippen LogP contribution < -0.4 is 5.32 Å². The molecule has 2 aromatic carbocycles. The Morgan fingerprint density at radius 3 is 2.74 bits per heavy atom. The molecule has 0 aliphatic carbocycles. The number of carbonyl (C=O) groups is 2. The van der Waals surface area contributed by atoms with E-state index in [1.165, 1.54) is 0 Å². The van der Waals surface area contributed by atoms with Crippen LogP contribution in [0.4, 0.5) is 5.69 Å². The maximum absolute atomic E-state index is 12.4. The number of hydrogen-bond acceptors (Lipinski definition) is 2. The molecule has 1 aliphatic heterocycles. The van der Waals surface area contributed by atoms with E-state index < -0.39 is 0 Å². The van der Waals surface area contributed by atoms with Crippen LogP contribution in [0.15, 0.2) is 53.0 Å². The van der Waals surface area contributed by atoms with Crippen LogP contribution in [-0.2, 0) is 11.3 Å². The summed E-state index contributed by atoms with van der Waals surface area (Å²) >= 11 is 3.42. The second kappa shape index (κ2) is 6.96. The molecule has 1 aliphatic rings. The zero-order valence-corrected chi connectivity index (χ0v) is 14.2. The maximum Gasteiger partial charge on any atom is 0.255 e. The molecule has 5 heteroatoms. The molecule has 0 unspecified atom stereocenters. The third kappa shape index (κ3) is 3.79. The predicted octanol–water partition coefficient (Wildman–Crippen LogP) is 3.82. The molecule has 0 aromatic heterocycles. The molecule has 2 aromatic rings. The van der Waals surface area contributed by atoms with Crippen LogP contribution in [0, 0.1) is 0 Å². The van der Waals surface area contributed by atoms with Crippen molar-refractivity contribution in [1.29, 1.82) is 0 Å². The number of nitrogens with one attached hydrogen (secondary N) is 1. The number of para-hydroxylation sites is 1. The molecule has 23 heavy (non-hydrogen) atoms. The summed E-state index contributed by atoms with van der Waals surface area (Å²) in [5.41, 5.74) is 2.29. The fourth-order valence-electron chi connectivity index (χ4n) is 2.66. The van der Waals surface area contributed by atoms with Gasteiger partial charge in [0.1, 0.15) is 0 Å². The first-order valence-electron chi connectivity index (χ1n) is 7.56. The molecule has 0 atom stereocenters. The van der Waals surface area contributed by atoms with Crippen molar-refractivity contribution >= 4 is 33.4 Å². The minimum atomic E-state index is -0.161. The van der Waals surface area contributed by atoms with Gasteiger partial charge in [0.25, 0.3) is 5.91 Å². The van der Waals surface area contributed by atoms with Gasteiger partial charge in [0, 0.05) is 29.5 Å². The molecule has 0 radical (unpaired) electrons. The number of hydrogen-bond donors (Lipinski definition) is 1. The quantitative estimate of drug-likeness (QED) is 0.886. The maximum atomic E-state index is 12.4. The topological polar surface area (TPSA) is 49.4 Å². The number of anilines is 1. The van der Waals surface area contributed by atoms with Gasteiger partial charge < -0.3 is 10.2 Å². The highest BCUT2D eigenvalue weighted by atomic mass is 79.9. The summed E-state index contributed by atoms with van der Waals surface area (Å²) in [4.78, 5) is 26.0. The molecular formula is C18H17BrN2O2. The highest BCUT2D eigenvalue weighted by Crippen LogP contribution is 2.22. The van der Waals surface area contributed by atoms with E-state index in [0.29, 0.717) is 18.5 Å². The van der Waals surface area contributed by atoms with E-state index in [-0.39, 0.29) is 11.8 Å². The fraction of sp³-hybridized carbons (Fsp3) is 0.222. The molecule has 0 spiro atoms. The third-order valence-corrected chi connectivity index (χ3v) is 4.55. The third-order valence-electron chi connectivity index (χ3n) is 3.86. The zero-order chi connectivity index (χ0) is 16.2. The predicted molar refractivity (Wildman–Crippen MR) is 93.2 cm³/mol. The highest BCUT2D eigenvalue weighted by Gasteiger charge is 2.20. The molecule has 1 saturated heterocycles. The Kier molecular flexibility index (Phi) is 4.76. The molecule has 1 N–H and O–H groups in total. The van der Waals surface area contributed by atoms with Gasteiger partial charge in [-0.2, -0.15) is 0 Å². The van der Waals surface area contributed by atoms with Crippen LogP contribution in [0.2, 0.25) is 0 Å². The van der Waals surface area contributed by atoms with E-state index in [1.54, 1.807) is 6.07 Å². The van der Waals surface area contributed by atoms with Gasteiger partial charge in [-0.25, -0.2) is 0 Å². The van der Waals surface area contributed by atoms with Crippen molar-refractivity contribution in [2.24, 2.45) is 0 Å². The van der Waals surface area contributed by atoms with E-state index >= 15 is 0 Å². The normalized spacial score (nSPS) is 14.1. The van der Waals surface area contributed by atoms with Gasteiger partial charge in [-0.05, 0) is 52.2 Å². The number of halogens is 1. The molecule has 1 fully saturated rings. The van der Waals surface area contributed by atoms with E-state index in [4.69, 9.17) is 0 Å². The van der Waals surface area contributed by atoms with Crippen molar-refractivity contribution < 1.29 is 9.59 Å². The number of carbonyl (C=O) groups excluding carboxylic acids is 2. The van der Waals surface area contributed by atoms with E-state index in [9.17, 15) is 9.59 Å². The Morgan fingerprint density at radius 2 is 2.00 bits per heavy atom. The Hall–Kier alpha value is -2.14. The smallest absolute Gasteiger partial charge is 0.255 e. The lowest BCUT2D eigenvalue weighted by atomic mass is 10.1. The molecule has 2 amide bonds. The molecule has 1 heterocycles. The molecule has 118 valence electrons. The van der Waals surface area contributed by atoms with Gasteiger partial charge in [-0.1, -0.05) is 24.3 Å².